The first kappa shape index (κ1) is 26.0. The van der Waals surface area contributed by atoms with Gasteiger partial charge in [-0.05, 0) is 76.5 Å². The summed E-state index contributed by atoms with van der Waals surface area (Å²) in [4.78, 5) is 35.0. The fraction of sp³-hybridized carbons (Fsp3) is 0.517. The molecule has 6 rings (SSSR count). The van der Waals surface area contributed by atoms with Crippen molar-refractivity contribution in [1.29, 1.82) is 5.26 Å². The largest absolute Gasteiger partial charge is 0.444 e. The Bertz CT molecular complexity index is 1440. The molecule has 2 saturated carbocycles. The normalized spacial score (nSPS) is 20.8. The third-order valence-corrected chi connectivity index (χ3v) is 7.61. The summed E-state index contributed by atoms with van der Waals surface area (Å²) < 4.78 is 13.5. The number of nitrogens with zero attached hydrogens (tertiary/aromatic N) is 7. The Morgan fingerprint density at radius 1 is 1.20 bits per heavy atom. The second-order valence-electron chi connectivity index (χ2n) is 12.0. The van der Waals surface area contributed by atoms with Crippen LogP contribution in [0, 0.1) is 11.3 Å². The number of hydrogen-bond acceptors (Lipinski definition) is 8. The molecule has 2 atom stereocenters. The van der Waals surface area contributed by atoms with Gasteiger partial charge in [0.25, 0.3) is 5.89 Å². The summed E-state index contributed by atoms with van der Waals surface area (Å²) in [5.74, 6) is 0.668. The van der Waals surface area contributed by atoms with Gasteiger partial charge in [0.05, 0.1) is 42.7 Å². The number of nitriles is 1. The molecule has 1 aromatic carbocycles. The van der Waals surface area contributed by atoms with Crippen LogP contribution in [0.1, 0.15) is 80.6 Å². The van der Waals surface area contributed by atoms with Gasteiger partial charge in [-0.2, -0.15) is 5.26 Å². The summed E-state index contributed by atoms with van der Waals surface area (Å²) in [5.41, 5.74) is 1.83. The highest BCUT2D eigenvalue weighted by atomic mass is 16.6. The van der Waals surface area contributed by atoms with Crippen molar-refractivity contribution in [3.05, 3.63) is 53.8 Å². The Morgan fingerprint density at radius 3 is 2.65 bits per heavy atom. The van der Waals surface area contributed by atoms with E-state index in [0.717, 1.165) is 36.8 Å². The first-order valence-corrected chi connectivity index (χ1v) is 13.9. The first-order chi connectivity index (χ1) is 19.2. The van der Waals surface area contributed by atoms with E-state index in [2.05, 4.69) is 21.4 Å². The lowest BCUT2D eigenvalue weighted by Gasteiger charge is -2.29. The molecule has 2 aromatic heterocycles. The fourth-order valence-corrected chi connectivity index (χ4v) is 5.54. The van der Waals surface area contributed by atoms with Gasteiger partial charge < -0.3 is 19.0 Å². The molecular formula is C29H33N7O4. The Kier molecular flexibility index (Phi) is 6.56. The molecule has 3 heterocycles. The fourth-order valence-electron chi connectivity index (χ4n) is 5.54. The zero-order valence-electron chi connectivity index (χ0n) is 23.0. The van der Waals surface area contributed by atoms with Crippen molar-refractivity contribution in [2.75, 3.05) is 6.54 Å². The monoisotopic (exact) mass is 543 g/mol. The molecule has 1 aliphatic heterocycles. The number of aromatic nitrogens is 4. The van der Waals surface area contributed by atoms with E-state index in [0.29, 0.717) is 36.8 Å². The second kappa shape index (κ2) is 10.1. The van der Waals surface area contributed by atoms with E-state index >= 15 is 0 Å². The van der Waals surface area contributed by atoms with Crippen LogP contribution in [0.3, 0.4) is 0 Å². The second-order valence-corrected chi connectivity index (χ2v) is 12.0. The number of rotatable bonds is 7. The van der Waals surface area contributed by atoms with Crippen LogP contribution >= 0.6 is 0 Å². The number of ether oxygens (including phenoxy) is 1. The lowest BCUT2D eigenvalue weighted by molar-refractivity contribution is 0.0197. The van der Waals surface area contributed by atoms with E-state index in [1.807, 2.05) is 43.9 Å². The van der Waals surface area contributed by atoms with Crippen molar-refractivity contribution in [3.8, 4) is 17.4 Å². The zero-order chi connectivity index (χ0) is 28.0. The van der Waals surface area contributed by atoms with Crippen LogP contribution < -0.4 is 0 Å². The summed E-state index contributed by atoms with van der Waals surface area (Å²) in [6.07, 6.45) is 9.09. The summed E-state index contributed by atoms with van der Waals surface area (Å²) in [5, 5.41) is 17.4. The first-order valence-electron chi connectivity index (χ1n) is 13.9. The van der Waals surface area contributed by atoms with Crippen LogP contribution in [-0.4, -0.2) is 72.0 Å². The Hall–Kier alpha value is -4.20. The maximum absolute atomic E-state index is 13.9. The molecule has 3 aromatic rings. The molecule has 3 fully saturated rings. The Morgan fingerprint density at radius 2 is 2.00 bits per heavy atom. The lowest BCUT2D eigenvalue weighted by Crippen LogP contribution is -2.45. The van der Waals surface area contributed by atoms with Crippen LogP contribution in [0.4, 0.5) is 4.79 Å². The van der Waals surface area contributed by atoms with Gasteiger partial charge in [0.15, 0.2) is 5.76 Å². The number of oxazole rings is 1. The van der Waals surface area contributed by atoms with Crippen LogP contribution in [-0.2, 0) is 11.3 Å². The molecule has 3 aliphatic rings. The molecule has 0 bridgehead atoms. The van der Waals surface area contributed by atoms with Crippen molar-refractivity contribution in [1.82, 2.24) is 29.8 Å². The number of carbonyl (C=O) groups excluding carboxylic acids is 2. The van der Waals surface area contributed by atoms with E-state index in [1.54, 1.807) is 28.2 Å². The lowest BCUT2D eigenvalue weighted by atomic mass is 9.99. The zero-order valence-corrected chi connectivity index (χ0v) is 23.0. The molecular weight excluding hydrogens is 510 g/mol. The molecule has 0 radical (unpaired) electrons. The van der Waals surface area contributed by atoms with Gasteiger partial charge in [0.1, 0.15) is 5.60 Å². The van der Waals surface area contributed by atoms with Gasteiger partial charge in [-0.3, -0.25) is 9.48 Å². The topological polar surface area (TPSA) is 130 Å². The third-order valence-electron chi connectivity index (χ3n) is 7.61. The van der Waals surface area contributed by atoms with Crippen molar-refractivity contribution >= 4 is 12.0 Å². The molecule has 0 spiro atoms. The molecule has 11 nitrogen and oxygen atoms in total. The molecule has 0 unspecified atom stereocenters. The average Bonchev–Trinajstić information content (AvgIpc) is 3.78. The smallest absolute Gasteiger partial charge is 0.410 e. The molecule has 208 valence electrons. The Labute approximate surface area is 232 Å². The van der Waals surface area contributed by atoms with Gasteiger partial charge in [-0.25, -0.2) is 9.78 Å². The molecule has 1 saturated heterocycles. The number of hydrogen-bond donors (Lipinski definition) is 0. The maximum atomic E-state index is 13.9. The highest BCUT2D eigenvalue weighted by Crippen LogP contribution is 2.45. The summed E-state index contributed by atoms with van der Waals surface area (Å²) in [6, 6.07) is 7.43. The summed E-state index contributed by atoms with van der Waals surface area (Å²) in [7, 11) is 0. The molecule has 40 heavy (non-hydrogen) atoms. The van der Waals surface area contributed by atoms with Crippen LogP contribution in [0.25, 0.3) is 11.3 Å². The standard InChI is InChI=1S/C29H33N7O4/c1-29(2,3)40-28(38)35-17-22(13-21(35)16-34-11-10-32-33-34)36(20-7-8-20)27(37)26-31-15-25(39-26)24-12-18(14-30)4-9-23(24)19-5-6-19/h4,9-12,15,19-22H,5-8,13,16-17H2,1-3H3/t21-,22+/m0/s1. The molecule has 0 N–H and O–H groups in total. The van der Waals surface area contributed by atoms with Crippen LogP contribution in [0.15, 0.2) is 41.2 Å². The predicted molar refractivity (Wildman–Crippen MR) is 143 cm³/mol. The van der Waals surface area contributed by atoms with E-state index in [9.17, 15) is 14.9 Å². The van der Waals surface area contributed by atoms with Crippen molar-refractivity contribution < 1.29 is 18.7 Å². The van der Waals surface area contributed by atoms with Crippen LogP contribution in [0.2, 0.25) is 0 Å². The molecule has 2 aliphatic carbocycles. The van der Waals surface area contributed by atoms with E-state index in [1.165, 1.54) is 0 Å². The predicted octanol–water partition coefficient (Wildman–Crippen LogP) is 4.36. The number of carbonyl (C=O) groups is 2. The minimum Gasteiger partial charge on any atom is -0.444 e. The minimum absolute atomic E-state index is 0.0227. The SMILES string of the molecule is CC(C)(C)OC(=O)N1C[C@H](N(C(=O)c2ncc(-c3cc(C#N)ccc3C3CC3)o2)C2CC2)C[C@H]1Cn1ccnn1. The third kappa shape index (κ3) is 5.43. The van der Waals surface area contributed by atoms with E-state index < -0.39 is 11.7 Å². The van der Waals surface area contributed by atoms with Gasteiger partial charge in [-0.1, -0.05) is 11.3 Å². The maximum Gasteiger partial charge on any atom is 0.410 e. The van der Waals surface area contributed by atoms with Crippen LogP contribution in [0.5, 0.6) is 0 Å². The highest BCUT2D eigenvalue weighted by Gasteiger charge is 2.47. The minimum atomic E-state index is -0.643. The average molecular weight is 544 g/mol. The molecule has 11 heteroatoms. The van der Waals surface area contributed by atoms with Gasteiger partial charge in [0, 0.05) is 24.3 Å². The number of amides is 2. The van der Waals surface area contributed by atoms with Gasteiger partial charge >= 0.3 is 12.0 Å². The van der Waals surface area contributed by atoms with Gasteiger partial charge in [0.2, 0.25) is 0 Å². The number of likely N-dealkylation sites (tertiary alicyclic amines) is 1. The van der Waals surface area contributed by atoms with E-state index in [-0.39, 0.29) is 29.9 Å². The van der Waals surface area contributed by atoms with Crippen molar-refractivity contribution in [2.24, 2.45) is 0 Å². The summed E-state index contributed by atoms with van der Waals surface area (Å²) in [6.45, 7) is 6.31. The van der Waals surface area contributed by atoms with Crippen molar-refractivity contribution in [2.45, 2.75) is 89.1 Å². The number of benzene rings is 1. The van der Waals surface area contributed by atoms with Crippen molar-refractivity contribution in [3.63, 3.8) is 0 Å². The summed E-state index contributed by atoms with van der Waals surface area (Å²) >= 11 is 0. The molecule has 2 amide bonds. The Balaban J connectivity index is 1.26. The van der Waals surface area contributed by atoms with Gasteiger partial charge in [-0.15, -0.1) is 5.10 Å². The van der Waals surface area contributed by atoms with E-state index in [4.69, 9.17) is 9.15 Å². The highest BCUT2D eigenvalue weighted by molar-refractivity contribution is 5.91. The quantitative estimate of drug-likeness (QED) is 0.430.